The second kappa shape index (κ2) is 13.3. The Bertz CT molecular complexity index is 4390. The highest BCUT2D eigenvalue weighted by Gasteiger charge is 2.25. The van der Waals surface area contributed by atoms with Gasteiger partial charge in [0.15, 0.2) is 0 Å². The largest absolute Gasteiger partial charge is 0.456 e. The SMILES string of the molecule is c1ccc(-c2ccc(-c3nc(-n4c5ccc(-c6ccc7oc8cc9c%10c(cccc%10c8c7c6)-c6ccccc6-9)cc5c5c6ccccc6ccc54)nc4ccc5ccccc5c34)cc2)cc1. The standard InChI is InChI=1S/C62H35N3O/c1-2-11-36(12-3-1)37-21-23-40(24-22-37)61-60-44-16-7-5-13-38(44)25-29-52(60)63-62(64-61)65-53-30-27-41(33-50(53)58-43-15-6-4-14-39(43)26-31-54(58)65)42-28-32-55-51(34-42)59-48-20-10-19-47-45-17-8-9-18-46(45)49(57(47)48)35-56(59)66-55/h1-35H. The average molecular weight is 838 g/mol. The predicted octanol–water partition coefficient (Wildman–Crippen LogP) is 16.7. The zero-order valence-electron chi connectivity index (χ0n) is 35.5. The fraction of sp³-hybridized carbons (Fsp3) is 0. The van der Waals surface area contributed by atoms with Crippen molar-refractivity contribution in [3.8, 4) is 61.7 Å². The van der Waals surface area contributed by atoms with Gasteiger partial charge < -0.3 is 4.42 Å². The highest BCUT2D eigenvalue weighted by Crippen LogP contribution is 2.51. The fourth-order valence-corrected chi connectivity index (χ4v) is 11.2. The summed E-state index contributed by atoms with van der Waals surface area (Å²) in [6.07, 6.45) is 0. The number of fused-ring (bicyclic) bond motifs is 15. The summed E-state index contributed by atoms with van der Waals surface area (Å²) in [5.74, 6) is 0.638. The normalized spacial score (nSPS) is 12.2. The molecule has 3 heterocycles. The first-order valence-electron chi connectivity index (χ1n) is 22.6. The third-order valence-corrected chi connectivity index (χ3v) is 14.1. The minimum absolute atomic E-state index is 0.638. The Hall–Kier alpha value is -8.86. The summed E-state index contributed by atoms with van der Waals surface area (Å²) in [4.78, 5) is 11.0. The van der Waals surface area contributed by atoms with Crippen LogP contribution in [-0.2, 0) is 0 Å². The summed E-state index contributed by atoms with van der Waals surface area (Å²) in [7, 11) is 0. The highest BCUT2D eigenvalue weighted by atomic mass is 16.3. The van der Waals surface area contributed by atoms with E-state index in [1.54, 1.807) is 0 Å². The molecule has 0 saturated heterocycles. The summed E-state index contributed by atoms with van der Waals surface area (Å²) in [5, 5.41) is 12.9. The minimum Gasteiger partial charge on any atom is -0.456 e. The lowest BCUT2D eigenvalue weighted by molar-refractivity contribution is 0.669. The number of aromatic nitrogens is 3. The number of benzene rings is 11. The van der Waals surface area contributed by atoms with Crippen LogP contribution in [0.25, 0.3) is 149 Å². The van der Waals surface area contributed by atoms with Gasteiger partial charge in [-0.05, 0) is 119 Å². The van der Waals surface area contributed by atoms with Crippen LogP contribution in [0.5, 0.6) is 0 Å². The quantitative estimate of drug-likeness (QED) is 0.166. The van der Waals surface area contributed by atoms with Gasteiger partial charge in [0.25, 0.3) is 0 Å². The van der Waals surface area contributed by atoms with Crippen LogP contribution in [0.1, 0.15) is 0 Å². The Morgan fingerprint density at radius 1 is 0.318 bits per heavy atom. The molecule has 0 amide bonds. The number of rotatable bonds is 4. The fourth-order valence-electron chi connectivity index (χ4n) is 11.2. The first-order chi connectivity index (χ1) is 32.7. The maximum absolute atomic E-state index is 6.67. The average Bonchev–Trinajstić information content (AvgIpc) is 4.04. The van der Waals surface area contributed by atoms with Crippen molar-refractivity contribution in [1.82, 2.24) is 14.5 Å². The molecule has 3 aromatic heterocycles. The van der Waals surface area contributed by atoms with Gasteiger partial charge in [-0.25, -0.2) is 9.97 Å². The lowest BCUT2D eigenvalue weighted by Crippen LogP contribution is -2.04. The summed E-state index contributed by atoms with van der Waals surface area (Å²) in [5.41, 5.74) is 16.5. The van der Waals surface area contributed by atoms with Gasteiger partial charge in [0.05, 0.1) is 22.2 Å². The number of furan rings is 1. The van der Waals surface area contributed by atoms with E-state index in [0.717, 1.165) is 82.4 Å². The Morgan fingerprint density at radius 3 is 1.74 bits per heavy atom. The van der Waals surface area contributed by atoms with Crippen molar-refractivity contribution >= 4 is 87.0 Å². The Kier molecular flexibility index (Phi) is 7.19. The monoisotopic (exact) mass is 837 g/mol. The second-order valence-electron chi connectivity index (χ2n) is 17.6. The van der Waals surface area contributed by atoms with Crippen LogP contribution in [0.15, 0.2) is 217 Å². The van der Waals surface area contributed by atoms with E-state index in [1.165, 1.54) is 60.3 Å². The first-order valence-corrected chi connectivity index (χ1v) is 22.6. The topological polar surface area (TPSA) is 43.9 Å². The molecule has 11 aromatic carbocycles. The van der Waals surface area contributed by atoms with E-state index >= 15 is 0 Å². The summed E-state index contributed by atoms with van der Waals surface area (Å²) in [6, 6.07) is 76.6. The number of hydrogen-bond donors (Lipinski definition) is 0. The maximum Gasteiger partial charge on any atom is 0.235 e. The van der Waals surface area contributed by atoms with E-state index in [2.05, 4.69) is 217 Å². The van der Waals surface area contributed by atoms with Crippen molar-refractivity contribution in [1.29, 1.82) is 0 Å². The lowest BCUT2D eigenvalue weighted by Gasteiger charge is -2.14. The Labute approximate surface area is 378 Å². The molecule has 0 unspecified atom stereocenters. The predicted molar refractivity (Wildman–Crippen MR) is 274 cm³/mol. The van der Waals surface area contributed by atoms with Crippen molar-refractivity contribution in [3.63, 3.8) is 0 Å². The molecule has 0 N–H and O–H groups in total. The molecule has 0 atom stereocenters. The number of hydrogen-bond acceptors (Lipinski definition) is 3. The van der Waals surface area contributed by atoms with Crippen LogP contribution < -0.4 is 0 Å². The van der Waals surface area contributed by atoms with Gasteiger partial charge in [0, 0.05) is 32.5 Å². The van der Waals surface area contributed by atoms with Crippen molar-refractivity contribution in [3.05, 3.63) is 212 Å². The van der Waals surface area contributed by atoms with E-state index in [-0.39, 0.29) is 0 Å². The molecule has 15 rings (SSSR count). The second-order valence-corrected chi connectivity index (χ2v) is 17.6. The van der Waals surface area contributed by atoms with Crippen molar-refractivity contribution in [2.45, 2.75) is 0 Å². The third-order valence-electron chi connectivity index (χ3n) is 14.1. The Morgan fingerprint density at radius 2 is 0.924 bits per heavy atom. The molecular formula is C62H35N3O. The molecule has 0 saturated carbocycles. The van der Waals surface area contributed by atoms with Crippen LogP contribution >= 0.6 is 0 Å². The van der Waals surface area contributed by atoms with Crippen molar-refractivity contribution < 1.29 is 4.42 Å². The van der Waals surface area contributed by atoms with E-state index in [9.17, 15) is 0 Å². The van der Waals surface area contributed by atoms with Gasteiger partial charge in [-0.15, -0.1) is 0 Å². The molecule has 0 bridgehead atoms. The molecule has 1 aliphatic carbocycles. The van der Waals surface area contributed by atoms with Gasteiger partial charge in [-0.2, -0.15) is 0 Å². The van der Waals surface area contributed by atoms with Crippen LogP contribution in [0.4, 0.5) is 0 Å². The third kappa shape index (κ3) is 4.98. The first kappa shape index (κ1) is 35.6. The zero-order valence-corrected chi connectivity index (χ0v) is 35.5. The van der Waals surface area contributed by atoms with E-state index < -0.39 is 0 Å². The van der Waals surface area contributed by atoms with Crippen LogP contribution in [-0.4, -0.2) is 14.5 Å². The molecular weight excluding hydrogens is 803 g/mol. The molecule has 0 aliphatic heterocycles. The summed E-state index contributed by atoms with van der Waals surface area (Å²) in [6.45, 7) is 0. The lowest BCUT2D eigenvalue weighted by atomic mass is 9.96. The zero-order chi connectivity index (χ0) is 43.0. The van der Waals surface area contributed by atoms with E-state index in [0.29, 0.717) is 5.95 Å². The molecule has 14 aromatic rings. The summed E-state index contributed by atoms with van der Waals surface area (Å²) < 4.78 is 8.93. The molecule has 4 heteroatoms. The number of nitrogens with zero attached hydrogens (tertiary/aromatic N) is 3. The van der Waals surface area contributed by atoms with Gasteiger partial charge >= 0.3 is 0 Å². The molecule has 4 nitrogen and oxygen atoms in total. The van der Waals surface area contributed by atoms with Crippen molar-refractivity contribution in [2.75, 3.05) is 0 Å². The van der Waals surface area contributed by atoms with Gasteiger partial charge in [-0.1, -0.05) is 170 Å². The maximum atomic E-state index is 6.67. The van der Waals surface area contributed by atoms with Crippen LogP contribution in [0.2, 0.25) is 0 Å². The van der Waals surface area contributed by atoms with E-state index in [4.69, 9.17) is 14.4 Å². The van der Waals surface area contributed by atoms with E-state index in [1.807, 2.05) is 0 Å². The summed E-state index contributed by atoms with van der Waals surface area (Å²) >= 11 is 0. The van der Waals surface area contributed by atoms with Gasteiger partial charge in [0.2, 0.25) is 5.95 Å². The molecule has 0 fully saturated rings. The van der Waals surface area contributed by atoms with Gasteiger partial charge in [-0.3, -0.25) is 4.57 Å². The van der Waals surface area contributed by atoms with Gasteiger partial charge in [0.1, 0.15) is 11.2 Å². The van der Waals surface area contributed by atoms with Crippen LogP contribution in [0.3, 0.4) is 0 Å². The van der Waals surface area contributed by atoms with Crippen LogP contribution in [0, 0.1) is 0 Å². The highest BCUT2D eigenvalue weighted by molar-refractivity contribution is 6.28. The smallest absolute Gasteiger partial charge is 0.235 e. The molecule has 0 spiro atoms. The minimum atomic E-state index is 0.638. The Balaban J connectivity index is 0.955. The molecule has 0 radical (unpaired) electrons. The molecule has 304 valence electrons. The molecule has 1 aliphatic rings. The van der Waals surface area contributed by atoms with Crippen molar-refractivity contribution in [2.24, 2.45) is 0 Å². The molecule has 66 heavy (non-hydrogen) atoms.